The van der Waals surface area contributed by atoms with Crippen molar-refractivity contribution in [2.24, 2.45) is 5.92 Å². The van der Waals surface area contributed by atoms with Crippen LogP contribution >= 0.6 is 0 Å². The van der Waals surface area contributed by atoms with E-state index in [-0.39, 0.29) is 5.97 Å². The van der Waals surface area contributed by atoms with Crippen molar-refractivity contribution in [3.63, 3.8) is 0 Å². The minimum absolute atomic E-state index is 0.302. The number of carbonyl (C=O) groups is 1. The van der Waals surface area contributed by atoms with Gasteiger partial charge in [-0.2, -0.15) is 0 Å². The molecule has 0 aromatic carbocycles. The van der Waals surface area contributed by atoms with Gasteiger partial charge < -0.3 is 9.84 Å². The van der Waals surface area contributed by atoms with Crippen LogP contribution in [0.1, 0.15) is 46.5 Å². The van der Waals surface area contributed by atoms with Crippen LogP contribution in [0.3, 0.4) is 0 Å². The Balaban J connectivity index is 3.70. The number of carbonyl (C=O) groups excluding carboxylic acids is 1. The van der Waals surface area contributed by atoms with Crippen LogP contribution in [0.2, 0.25) is 0 Å². The number of ether oxygens (including phenoxy) is 1. The Labute approximate surface area is 98.5 Å². The van der Waals surface area contributed by atoms with Crippen molar-refractivity contribution in [3.05, 3.63) is 12.2 Å². The number of hydrogen-bond acceptors (Lipinski definition) is 3. The van der Waals surface area contributed by atoms with Crippen molar-refractivity contribution in [1.82, 2.24) is 0 Å². The van der Waals surface area contributed by atoms with Gasteiger partial charge in [0.05, 0.1) is 18.6 Å². The van der Waals surface area contributed by atoms with Gasteiger partial charge in [0.1, 0.15) is 0 Å². The number of aliphatic hydroxyl groups is 1. The van der Waals surface area contributed by atoms with Crippen molar-refractivity contribution in [2.45, 2.75) is 52.6 Å². The maximum atomic E-state index is 11.3. The fourth-order valence-corrected chi connectivity index (χ4v) is 1.46. The molecule has 2 unspecified atom stereocenters. The summed E-state index contributed by atoms with van der Waals surface area (Å²) in [6.45, 7) is 5.86. The minimum Gasteiger partial charge on any atom is -0.466 e. The normalized spacial score (nSPS) is 15.0. The molecule has 0 rings (SSSR count). The van der Waals surface area contributed by atoms with Gasteiger partial charge in [0.25, 0.3) is 0 Å². The summed E-state index contributed by atoms with van der Waals surface area (Å²) in [5, 5.41) is 9.75. The molecule has 0 bridgehead atoms. The average molecular weight is 228 g/mol. The molecule has 0 aliphatic rings. The lowest BCUT2D eigenvalue weighted by Crippen LogP contribution is -2.27. The Morgan fingerprint density at radius 1 is 1.44 bits per heavy atom. The Morgan fingerprint density at radius 2 is 2.12 bits per heavy atom. The third kappa shape index (κ3) is 6.62. The van der Waals surface area contributed by atoms with Crippen LogP contribution in [0.4, 0.5) is 0 Å². The van der Waals surface area contributed by atoms with E-state index in [1.807, 2.05) is 13.0 Å². The molecule has 16 heavy (non-hydrogen) atoms. The highest BCUT2D eigenvalue weighted by molar-refractivity contribution is 5.72. The van der Waals surface area contributed by atoms with Crippen LogP contribution in [0.5, 0.6) is 0 Å². The van der Waals surface area contributed by atoms with E-state index in [0.717, 1.165) is 19.3 Å². The van der Waals surface area contributed by atoms with Crippen molar-refractivity contribution < 1.29 is 14.6 Å². The summed E-state index contributed by atoms with van der Waals surface area (Å²) >= 11 is 0. The van der Waals surface area contributed by atoms with Crippen molar-refractivity contribution in [2.75, 3.05) is 6.61 Å². The average Bonchev–Trinajstić information content (AvgIpc) is 2.27. The van der Waals surface area contributed by atoms with Gasteiger partial charge in [0.15, 0.2) is 0 Å². The smallest absolute Gasteiger partial charge is 0.311 e. The first kappa shape index (κ1) is 15.2. The minimum atomic E-state index is -0.579. The fraction of sp³-hybridized carbons (Fsp3) is 0.769. The van der Waals surface area contributed by atoms with E-state index in [2.05, 4.69) is 6.08 Å². The molecule has 0 saturated heterocycles. The summed E-state index contributed by atoms with van der Waals surface area (Å²) in [5.74, 6) is -0.717. The third-order valence-corrected chi connectivity index (χ3v) is 2.59. The molecule has 1 N–H and O–H groups in total. The molecular weight excluding hydrogens is 204 g/mol. The van der Waals surface area contributed by atoms with Crippen LogP contribution in [-0.2, 0) is 9.53 Å². The zero-order chi connectivity index (χ0) is 12.4. The Morgan fingerprint density at radius 3 is 2.69 bits per heavy atom. The Bertz CT molecular complexity index is 211. The summed E-state index contributed by atoms with van der Waals surface area (Å²) in [6, 6.07) is 0. The lowest BCUT2D eigenvalue weighted by Gasteiger charge is -2.16. The molecule has 0 aliphatic heterocycles. The maximum Gasteiger partial charge on any atom is 0.311 e. The number of hydrogen-bond donors (Lipinski definition) is 1. The standard InChI is InChI=1S/C13H24O3/c1-4-6-7-8-9-10-12(14)11(3)13(15)16-5-2/h4,6,11-12,14H,5,7-10H2,1-3H3. The van der Waals surface area contributed by atoms with E-state index >= 15 is 0 Å². The SMILES string of the molecule is CC=CCCCCC(O)C(C)C(=O)OCC. The summed E-state index contributed by atoms with van der Waals surface area (Å²) in [6.07, 6.45) is 7.25. The van der Waals surface area contributed by atoms with Gasteiger partial charge in [-0.1, -0.05) is 18.6 Å². The highest BCUT2D eigenvalue weighted by Crippen LogP contribution is 2.13. The van der Waals surface area contributed by atoms with Crippen LogP contribution in [0, 0.1) is 5.92 Å². The highest BCUT2D eigenvalue weighted by atomic mass is 16.5. The molecule has 94 valence electrons. The molecule has 0 heterocycles. The number of allylic oxidation sites excluding steroid dienone is 2. The molecule has 3 nitrogen and oxygen atoms in total. The molecule has 2 atom stereocenters. The van der Waals surface area contributed by atoms with Gasteiger partial charge >= 0.3 is 5.97 Å². The van der Waals surface area contributed by atoms with E-state index in [1.54, 1.807) is 13.8 Å². The summed E-state index contributed by atoms with van der Waals surface area (Å²) in [7, 11) is 0. The second-order valence-electron chi connectivity index (χ2n) is 3.96. The van der Waals surface area contributed by atoms with Gasteiger partial charge in [-0.3, -0.25) is 4.79 Å². The van der Waals surface area contributed by atoms with Gasteiger partial charge in [-0.15, -0.1) is 0 Å². The van der Waals surface area contributed by atoms with Crippen LogP contribution in [-0.4, -0.2) is 23.8 Å². The monoisotopic (exact) mass is 228 g/mol. The molecule has 0 aromatic rings. The fourth-order valence-electron chi connectivity index (χ4n) is 1.46. The molecule has 0 amide bonds. The zero-order valence-corrected chi connectivity index (χ0v) is 10.6. The quantitative estimate of drug-likeness (QED) is 0.395. The first-order valence-corrected chi connectivity index (χ1v) is 6.09. The predicted molar refractivity (Wildman–Crippen MR) is 65.1 cm³/mol. The van der Waals surface area contributed by atoms with E-state index in [9.17, 15) is 9.90 Å². The van der Waals surface area contributed by atoms with Crippen LogP contribution in [0.25, 0.3) is 0 Å². The Hall–Kier alpha value is -0.830. The van der Waals surface area contributed by atoms with Gasteiger partial charge in [-0.25, -0.2) is 0 Å². The van der Waals surface area contributed by atoms with E-state index in [0.29, 0.717) is 13.0 Å². The summed E-state index contributed by atoms with van der Waals surface area (Å²) in [4.78, 5) is 11.3. The van der Waals surface area contributed by atoms with E-state index < -0.39 is 12.0 Å². The molecule has 0 aliphatic carbocycles. The van der Waals surface area contributed by atoms with Crippen LogP contribution in [0.15, 0.2) is 12.2 Å². The number of rotatable bonds is 8. The maximum absolute atomic E-state index is 11.3. The largest absolute Gasteiger partial charge is 0.466 e. The van der Waals surface area contributed by atoms with Crippen molar-refractivity contribution in [1.29, 1.82) is 0 Å². The number of unbranched alkanes of at least 4 members (excludes halogenated alkanes) is 2. The lowest BCUT2D eigenvalue weighted by atomic mass is 9.99. The molecular formula is C13H24O3. The first-order chi connectivity index (χ1) is 7.63. The predicted octanol–water partition coefficient (Wildman–Crippen LogP) is 2.68. The zero-order valence-electron chi connectivity index (χ0n) is 10.6. The topological polar surface area (TPSA) is 46.5 Å². The summed E-state index contributed by atoms with van der Waals surface area (Å²) in [5.41, 5.74) is 0. The van der Waals surface area contributed by atoms with E-state index in [4.69, 9.17) is 4.74 Å². The molecule has 0 fully saturated rings. The molecule has 0 radical (unpaired) electrons. The number of aliphatic hydroxyl groups excluding tert-OH is 1. The van der Waals surface area contributed by atoms with Gasteiger partial charge in [0, 0.05) is 0 Å². The van der Waals surface area contributed by atoms with Gasteiger partial charge in [0.2, 0.25) is 0 Å². The highest BCUT2D eigenvalue weighted by Gasteiger charge is 2.22. The van der Waals surface area contributed by atoms with Crippen LogP contribution < -0.4 is 0 Å². The lowest BCUT2D eigenvalue weighted by molar-refractivity contribution is -0.151. The second kappa shape index (κ2) is 9.40. The van der Waals surface area contributed by atoms with Crippen molar-refractivity contribution >= 4 is 5.97 Å². The van der Waals surface area contributed by atoms with Crippen molar-refractivity contribution in [3.8, 4) is 0 Å². The number of esters is 1. The Kier molecular flexibility index (Phi) is 8.91. The molecule has 3 heteroatoms. The van der Waals surface area contributed by atoms with E-state index in [1.165, 1.54) is 0 Å². The molecule has 0 saturated carbocycles. The molecule has 0 spiro atoms. The molecule has 0 aromatic heterocycles. The second-order valence-corrected chi connectivity index (χ2v) is 3.96. The first-order valence-electron chi connectivity index (χ1n) is 6.09. The summed E-state index contributed by atoms with van der Waals surface area (Å²) < 4.78 is 4.86. The van der Waals surface area contributed by atoms with Gasteiger partial charge in [-0.05, 0) is 40.0 Å². The third-order valence-electron chi connectivity index (χ3n) is 2.59.